The van der Waals surface area contributed by atoms with Crippen LogP contribution in [-0.4, -0.2) is 35.8 Å². The minimum Gasteiger partial charge on any atom is -0.436 e. The Bertz CT molecular complexity index is 661. The van der Waals surface area contributed by atoms with Gasteiger partial charge >= 0.3 is 14.8 Å². The predicted molar refractivity (Wildman–Crippen MR) is 85.6 cm³/mol. The van der Waals surface area contributed by atoms with Crippen LogP contribution in [0.15, 0.2) is 55.1 Å². The number of hydrogen-bond donors (Lipinski definition) is 0. The van der Waals surface area contributed by atoms with Crippen LogP contribution in [0.2, 0.25) is 0 Å². The largest absolute Gasteiger partial charge is 0.539 e. The molecule has 0 saturated heterocycles. The molecule has 5 nitrogen and oxygen atoms in total. The fourth-order valence-corrected chi connectivity index (χ4v) is 4.28. The van der Waals surface area contributed by atoms with Crippen molar-refractivity contribution in [3.05, 3.63) is 55.1 Å². The van der Waals surface area contributed by atoms with Gasteiger partial charge in [-0.2, -0.15) is 0 Å². The quantitative estimate of drug-likeness (QED) is 0.338. The number of fused-ring (bicyclic) bond motifs is 1. The van der Waals surface area contributed by atoms with Gasteiger partial charge in [-0.3, -0.25) is 0 Å². The minimum absolute atomic E-state index is 0.262. The molecule has 0 bridgehead atoms. The number of ether oxygens (including phenoxy) is 1. The van der Waals surface area contributed by atoms with Crippen molar-refractivity contribution in [3.8, 4) is 0 Å². The fourth-order valence-electron chi connectivity index (χ4n) is 2.22. The molecular formula is C16H18O5Si. The monoisotopic (exact) mass is 318 g/mol. The summed E-state index contributed by atoms with van der Waals surface area (Å²) in [6.07, 6.45) is 1.07. The minimum atomic E-state index is -3.18. The molecule has 6 heteroatoms. The summed E-state index contributed by atoms with van der Waals surface area (Å²) < 4.78 is 21.7. The Balaban J connectivity index is 2.36. The Labute approximate surface area is 130 Å². The summed E-state index contributed by atoms with van der Waals surface area (Å²) in [6, 6.07) is 13.7. The zero-order valence-corrected chi connectivity index (χ0v) is 13.6. The van der Waals surface area contributed by atoms with Crippen molar-refractivity contribution in [2.75, 3.05) is 21.0 Å². The lowest BCUT2D eigenvalue weighted by Gasteiger charge is -2.27. The number of esters is 1. The van der Waals surface area contributed by atoms with Gasteiger partial charge in [-0.05, 0) is 10.8 Å². The Morgan fingerprint density at radius 3 is 2.50 bits per heavy atom. The van der Waals surface area contributed by atoms with E-state index < -0.39 is 14.8 Å². The second-order valence-corrected chi connectivity index (χ2v) is 7.18. The first-order valence-electron chi connectivity index (χ1n) is 6.68. The summed E-state index contributed by atoms with van der Waals surface area (Å²) in [5, 5.41) is 2.86. The van der Waals surface area contributed by atoms with Crippen LogP contribution in [0.4, 0.5) is 0 Å². The van der Waals surface area contributed by atoms with E-state index in [1.807, 2.05) is 42.5 Å². The van der Waals surface area contributed by atoms with Crippen LogP contribution >= 0.6 is 0 Å². The van der Waals surface area contributed by atoms with Crippen molar-refractivity contribution < 1.29 is 22.8 Å². The van der Waals surface area contributed by atoms with Crippen molar-refractivity contribution >= 4 is 30.7 Å². The molecule has 0 atom stereocenters. The molecule has 0 radical (unpaired) electrons. The van der Waals surface area contributed by atoms with Crippen molar-refractivity contribution in [1.29, 1.82) is 0 Å². The van der Waals surface area contributed by atoms with Crippen LogP contribution in [-0.2, 0) is 22.8 Å². The number of carbonyl (C=O) groups excluding carboxylic acids is 1. The number of benzene rings is 2. The third-order valence-corrected chi connectivity index (χ3v) is 5.94. The number of carbonyl (C=O) groups is 1. The molecule has 22 heavy (non-hydrogen) atoms. The Kier molecular flexibility index (Phi) is 5.45. The van der Waals surface area contributed by atoms with Gasteiger partial charge in [0, 0.05) is 25.5 Å². The van der Waals surface area contributed by atoms with E-state index in [1.165, 1.54) is 14.2 Å². The number of rotatable bonds is 7. The summed E-state index contributed by atoms with van der Waals surface area (Å²) in [7, 11) is -0.134. The third-order valence-electron chi connectivity index (χ3n) is 3.27. The molecule has 0 N–H and O–H groups in total. The van der Waals surface area contributed by atoms with Crippen LogP contribution in [0.5, 0.6) is 0 Å². The van der Waals surface area contributed by atoms with Crippen molar-refractivity contribution in [1.82, 2.24) is 0 Å². The van der Waals surface area contributed by atoms with Crippen molar-refractivity contribution in [3.63, 3.8) is 0 Å². The van der Waals surface area contributed by atoms with Crippen LogP contribution in [0.3, 0.4) is 0 Å². The van der Waals surface area contributed by atoms with E-state index >= 15 is 0 Å². The normalized spacial score (nSPS) is 11.4. The lowest BCUT2D eigenvalue weighted by atomic mass is 10.1. The van der Waals surface area contributed by atoms with Gasteiger partial charge in [-0.15, -0.1) is 0 Å². The van der Waals surface area contributed by atoms with Gasteiger partial charge < -0.3 is 18.0 Å². The van der Waals surface area contributed by atoms with Gasteiger partial charge in [0.05, 0.1) is 0 Å². The molecule has 116 valence electrons. The lowest BCUT2D eigenvalue weighted by molar-refractivity contribution is -0.146. The number of hydrogen-bond acceptors (Lipinski definition) is 5. The first-order valence-corrected chi connectivity index (χ1v) is 8.41. The SMILES string of the molecule is C=CC(=O)OCO[Si](OC)(OC)c1cccc2ccccc12. The summed E-state index contributed by atoms with van der Waals surface area (Å²) in [6.45, 7) is 3.07. The maximum atomic E-state index is 11.1. The highest BCUT2D eigenvalue weighted by molar-refractivity contribution is 6.77. The first-order chi connectivity index (χ1) is 10.7. The van der Waals surface area contributed by atoms with Gasteiger partial charge in [0.2, 0.25) is 0 Å². The summed E-state index contributed by atoms with van der Waals surface area (Å²) >= 11 is 0. The second-order valence-electron chi connectivity index (χ2n) is 4.42. The van der Waals surface area contributed by atoms with Gasteiger partial charge in [0.15, 0.2) is 6.79 Å². The predicted octanol–water partition coefficient (Wildman–Crippen LogP) is 1.98. The zero-order valence-electron chi connectivity index (χ0n) is 12.6. The van der Waals surface area contributed by atoms with Crippen LogP contribution in [0.25, 0.3) is 10.8 Å². The zero-order chi connectivity index (χ0) is 16.0. The summed E-state index contributed by atoms with van der Waals surface area (Å²) in [5.41, 5.74) is 0. The maximum absolute atomic E-state index is 11.1. The van der Waals surface area contributed by atoms with E-state index in [-0.39, 0.29) is 6.79 Å². The van der Waals surface area contributed by atoms with Gasteiger partial charge in [-0.1, -0.05) is 49.0 Å². The molecule has 0 aliphatic carbocycles. The molecule has 0 fully saturated rings. The molecule has 2 aromatic rings. The van der Waals surface area contributed by atoms with Gasteiger partial charge in [0.1, 0.15) is 0 Å². The Hall–Kier alpha value is -1.99. The van der Waals surface area contributed by atoms with E-state index in [1.54, 1.807) is 0 Å². The molecule has 0 saturated carbocycles. The maximum Gasteiger partial charge on any atom is 0.539 e. The van der Waals surface area contributed by atoms with Crippen molar-refractivity contribution in [2.45, 2.75) is 0 Å². The van der Waals surface area contributed by atoms with E-state index in [0.717, 1.165) is 22.0 Å². The Morgan fingerprint density at radius 1 is 1.14 bits per heavy atom. The lowest BCUT2D eigenvalue weighted by Crippen LogP contribution is -2.56. The van der Waals surface area contributed by atoms with Gasteiger partial charge in [-0.25, -0.2) is 4.79 Å². The highest BCUT2D eigenvalue weighted by Gasteiger charge is 2.43. The second kappa shape index (κ2) is 7.32. The molecule has 0 unspecified atom stereocenters. The smallest absolute Gasteiger partial charge is 0.436 e. The molecule has 2 rings (SSSR count). The van der Waals surface area contributed by atoms with E-state index in [2.05, 4.69) is 6.58 Å². The highest BCUT2D eigenvalue weighted by atomic mass is 28.4. The molecule has 0 amide bonds. The van der Waals surface area contributed by atoms with Gasteiger partial charge in [0.25, 0.3) is 0 Å². The Morgan fingerprint density at radius 2 is 1.82 bits per heavy atom. The highest BCUT2D eigenvalue weighted by Crippen LogP contribution is 2.17. The third kappa shape index (κ3) is 3.25. The molecule has 0 aliphatic rings. The summed E-state index contributed by atoms with van der Waals surface area (Å²) in [5.74, 6) is -0.562. The molecule has 0 heterocycles. The fraction of sp³-hybridized carbons (Fsp3) is 0.188. The topological polar surface area (TPSA) is 54.0 Å². The van der Waals surface area contributed by atoms with E-state index in [4.69, 9.17) is 18.0 Å². The average Bonchev–Trinajstić information content (AvgIpc) is 2.58. The molecule has 0 aromatic heterocycles. The van der Waals surface area contributed by atoms with Crippen LogP contribution in [0.1, 0.15) is 0 Å². The van der Waals surface area contributed by atoms with Crippen molar-refractivity contribution in [2.24, 2.45) is 0 Å². The molecule has 2 aromatic carbocycles. The average molecular weight is 318 g/mol. The van der Waals surface area contributed by atoms with E-state index in [9.17, 15) is 4.79 Å². The van der Waals surface area contributed by atoms with Crippen LogP contribution in [0, 0.1) is 0 Å². The molecule has 0 aliphatic heterocycles. The van der Waals surface area contributed by atoms with Crippen LogP contribution < -0.4 is 5.19 Å². The standard InChI is InChI=1S/C16H18O5Si/c1-4-16(17)20-12-21-22(18-2,19-3)15-11-7-9-13-8-5-6-10-14(13)15/h4-11H,1,12H2,2-3H3. The molecule has 0 spiro atoms. The first kappa shape index (κ1) is 16.4. The molecular weight excluding hydrogens is 300 g/mol. The van der Waals surface area contributed by atoms with E-state index in [0.29, 0.717) is 0 Å². The summed E-state index contributed by atoms with van der Waals surface area (Å²) in [4.78, 5) is 11.1.